The van der Waals surface area contributed by atoms with Crippen molar-refractivity contribution in [1.29, 1.82) is 0 Å². The number of rotatable bonds is 3. The molecule has 0 aliphatic heterocycles. The summed E-state index contributed by atoms with van der Waals surface area (Å²) in [6.07, 6.45) is -9.85. The van der Waals surface area contributed by atoms with Crippen molar-refractivity contribution < 1.29 is 36.0 Å². The first-order valence-electron chi connectivity index (χ1n) is 6.15. The molecule has 13 heteroatoms. The van der Waals surface area contributed by atoms with E-state index in [9.17, 15) is 36.5 Å². The van der Waals surface area contributed by atoms with Gasteiger partial charge in [0.05, 0.1) is 11.0 Å². The number of hydrogen-bond donors (Lipinski definition) is 0. The van der Waals surface area contributed by atoms with E-state index in [1.807, 2.05) is 0 Å². The molecule has 25 heavy (non-hydrogen) atoms. The lowest BCUT2D eigenvalue weighted by atomic mass is 10.1. The molecule has 2 aromatic rings. The lowest BCUT2D eigenvalue weighted by molar-refractivity contribution is -0.388. The van der Waals surface area contributed by atoms with Crippen LogP contribution in [0.4, 0.5) is 32.0 Å². The highest BCUT2D eigenvalue weighted by Crippen LogP contribution is 2.42. The summed E-state index contributed by atoms with van der Waals surface area (Å²) in [5, 5.41) is 13.2. The van der Waals surface area contributed by atoms with E-state index in [1.165, 1.54) is 0 Å². The van der Waals surface area contributed by atoms with Crippen molar-refractivity contribution in [3.8, 4) is 11.6 Å². The van der Waals surface area contributed by atoms with Gasteiger partial charge in [0.2, 0.25) is 0 Å². The average molecular weight is 390 g/mol. The van der Waals surface area contributed by atoms with Gasteiger partial charge >= 0.3 is 12.4 Å². The van der Waals surface area contributed by atoms with Gasteiger partial charge in [0.15, 0.2) is 5.69 Å². The van der Waals surface area contributed by atoms with E-state index in [-0.39, 0.29) is 0 Å². The highest BCUT2D eigenvalue weighted by molar-refractivity contribution is 6.32. The van der Waals surface area contributed by atoms with Gasteiger partial charge in [0, 0.05) is 7.05 Å². The molecule has 2 rings (SSSR count). The number of ether oxygens (including phenoxy) is 1. The minimum absolute atomic E-state index is 0.370. The van der Waals surface area contributed by atoms with E-state index in [2.05, 4.69) is 5.10 Å². The minimum Gasteiger partial charge on any atom is -0.436 e. The standard InChI is InChI=1S/C12H6ClF6N3O3/c1-21-9(12(17,18)19)8(13)10(20-21)25-5-2-3-6(11(14,15)16)7(4-5)22(23)24/h2-4H,1H3. The van der Waals surface area contributed by atoms with Crippen LogP contribution in [0.15, 0.2) is 18.2 Å². The van der Waals surface area contributed by atoms with Crippen LogP contribution in [0.5, 0.6) is 11.6 Å². The first-order valence-corrected chi connectivity index (χ1v) is 6.53. The molecule has 0 aliphatic rings. The predicted octanol–water partition coefficient (Wildman–Crippen LogP) is 4.81. The van der Waals surface area contributed by atoms with Crippen LogP contribution in [0.3, 0.4) is 0 Å². The highest BCUT2D eigenvalue weighted by Gasteiger charge is 2.40. The third-order valence-corrected chi connectivity index (χ3v) is 3.26. The Labute approximate surface area is 139 Å². The lowest BCUT2D eigenvalue weighted by Gasteiger charge is -2.09. The Bertz CT molecular complexity index is 831. The molecule has 136 valence electrons. The molecule has 0 spiro atoms. The molecule has 0 saturated carbocycles. The molecular weight excluding hydrogens is 384 g/mol. The third-order valence-electron chi connectivity index (χ3n) is 2.91. The van der Waals surface area contributed by atoms with Crippen LogP contribution < -0.4 is 4.74 Å². The van der Waals surface area contributed by atoms with Crippen LogP contribution in [0.2, 0.25) is 5.02 Å². The summed E-state index contributed by atoms with van der Waals surface area (Å²) < 4.78 is 81.8. The van der Waals surface area contributed by atoms with E-state index in [0.717, 1.165) is 7.05 Å². The fourth-order valence-corrected chi connectivity index (χ4v) is 2.23. The fourth-order valence-electron chi connectivity index (χ4n) is 1.92. The highest BCUT2D eigenvalue weighted by atomic mass is 35.5. The number of benzene rings is 1. The molecule has 0 atom stereocenters. The second-order valence-electron chi connectivity index (χ2n) is 4.62. The van der Waals surface area contributed by atoms with E-state index in [0.29, 0.717) is 22.9 Å². The number of halogens is 7. The number of alkyl halides is 6. The normalized spacial score (nSPS) is 12.3. The van der Waals surface area contributed by atoms with E-state index < -0.39 is 50.9 Å². The molecular formula is C12H6ClF6N3O3. The molecule has 0 radical (unpaired) electrons. The van der Waals surface area contributed by atoms with Gasteiger partial charge in [-0.3, -0.25) is 14.8 Å². The van der Waals surface area contributed by atoms with Crippen LogP contribution in [0.1, 0.15) is 11.3 Å². The van der Waals surface area contributed by atoms with Crippen molar-refractivity contribution >= 4 is 17.3 Å². The van der Waals surface area contributed by atoms with Crippen LogP contribution in [-0.4, -0.2) is 14.7 Å². The number of aryl methyl sites for hydroxylation is 1. The Morgan fingerprint density at radius 3 is 2.24 bits per heavy atom. The maximum Gasteiger partial charge on any atom is 0.434 e. The monoisotopic (exact) mass is 389 g/mol. The maximum absolute atomic E-state index is 12.8. The van der Waals surface area contributed by atoms with Crippen molar-refractivity contribution in [2.24, 2.45) is 7.05 Å². The summed E-state index contributed by atoms with van der Waals surface area (Å²) in [7, 11) is 0.927. The number of nitro groups is 1. The number of aromatic nitrogens is 2. The predicted molar refractivity (Wildman–Crippen MR) is 71.4 cm³/mol. The van der Waals surface area contributed by atoms with Gasteiger partial charge in [0.25, 0.3) is 11.6 Å². The second-order valence-corrected chi connectivity index (χ2v) is 5.00. The topological polar surface area (TPSA) is 70.2 Å². The first-order chi connectivity index (χ1) is 11.3. The molecule has 1 aromatic carbocycles. The zero-order valence-corrected chi connectivity index (χ0v) is 12.7. The Hall–Kier alpha value is -2.50. The van der Waals surface area contributed by atoms with Crippen molar-refractivity contribution in [3.05, 3.63) is 44.6 Å². The summed E-state index contributed by atoms with van der Waals surface area (Å²) in [4.78, 5) is 9.49. The molecule has 0 aliphatic carbocycles. The maximum atomic E-state index is 12.8. The van der Waals surface area contributed by atoms with Gasteiger partial charge < -0.3 is 4.74 Å². The van der Waals surface area contributed by atoms with Crippen LogP contribution in [0.25, 0.3) is 0 Å². The first kappa shape index (κ1) is 18.8. The van der Waals surface area contributed by atoms with Crippen LogP contribution >= 0.6 is 11.6 Å². The van der Waals surface area contributed by atoms with E-state index in [4.69, 9.17) is 16.3 Å². The number of nitrogens with zero attached hydrogens (tertiary/aromatic N) is 3. The van der Waals surface area contributed by atoms with Gasteiger partial charge in [-0.2, -0.15) is 26.3 Å². The average Bonchev–Trinajstić information content (AvgIpc) is 2.71. The summed E-state index contributed by atoms with van der Waals surface area (Å²) in [5.74, 6) is -1.29. The molecule has 0 bridgehead atoms. The van der Waals surface area contributed by atoms with Crippen molar-refractivity contribution in [2.45, 2.75) is 12.4 Å². The zero-order valence-electron chi connectivity index (χ0n) is 11.9. The van der Waals surface area contributed by atoms with Gasteiger partial charge in [-0.15, -0.1) is 5.10 Å². The Kier molecular flexibility index (Phi) is 4.59. The zero-order chi connectivity index (χ0) is 19.2. The minimum atomic E-state index is -4.99. The number of hydrogen-bond acceptors (Lipinski definition) is 4. The number of nitro benzene ring substituents is 1. The van der Waals surface area contributed by atoms with E-state index in [1.54, 1.807) is 0 Å². The van der Waals surface area contributed by atoms with E-state index >= 15 is 0 Å². The van der Waals surface area contributed by atoms with Crippen molar-refractivity contribution in [2.75, 3.05) is 0 Å². The SMILES string of the molecule is Cn1nc(Oc2ccc(C(F)(F)F)c([N+](=O)[O-])c2)c(Cl)c1C(F)(F)F. The summed E-state index contributed by atoms with van der Waals surface area (Å²) in [5.41, 5.74) is -4.20. The summed E-state index contributed by atoms with van der Waals surface area (Å²) in [6, 6.07) is 1.49. The van der Waals surface area contributed by atoms with Crippen molar-refractivity contribution in [3.63, 3.8) is 0 Å². The smallest absolute Gasteiger partial charge is 0.434 e. The Morgan fingerprint density at radius 2 is 1.80 bits per heavy atom. The van der Waals surface area contributed by atoms with Crippen LogP contribution in [0, 0.1) is 10.1 Å². The summed E-state index contributed by atoms with van der Waals surface area (Å²) >= 11 is 5.53. The molecule has 0 saturated heterocycles. The largest absolute Gasteiger partial charge is 0.436 e. The molecule has 0 amide bonds. The summed E-state index contributed by atoms with van der Waals surface area (Å²) in [6.45, 7) is 0. The second kappa shape index (κ2) is 6.10. The van der Waals surface area contributed by atoms with Gasteiger partial charge in [-0.05, 0) is 12.1 Å². The quantitative estimate of drug-likeness (QED) is 0.429. The molecule has 0 N–H and O–H groups in total. The van der Waals surface area contributed by atoms with Crippen molar-refractivity contribution in [1.82, 2.24) is 9.78 Å². The van der Waals surface area contributed by atoms with Gasteiger partial charge in [-0.25, -0.2) is 0 Å². The van der Waals surface area contributed by atoms with Gasteiger partial charge in [0.1, 0.15) is 16.3 Å². The molecule has 1 aromatic heterocycles. The molecule has 0 fully saturated rings. The lowest BCUT2D eigenvalue weighted by Crippen LogP contribution is -2.12. The molecule has 6 nitrogen and oxygen atoms in total. The van der Waals surface area contributed by atoms with Crippen LogP contribution in [-0.2, 0) is 19.4 Å². The molecule has 1 heterocycles. The fraction of sp³-hybridized carbons (Fsp3) is 0.250. The third kappa shape index (κ3) is 3.78. The Morgan fingerprint density at radius 1 is 1.20 bits per heavy atom. The molecule has 0 unspecified atom stereocenters. The Balaban J connectivity index is 2.46. The van der Waals surface area contributed by atoms with Gasteiger partial charge in [-0.1, -0.05) is 11.6 Å².